The van der Waals surface area contributed by atoms with Crippen LogP contribution in [0.25, 0.3) is 22.3 Å². The maximum atomic E-state index is 5.55. The van der Waals surface area contributed by atoms with Gasteiger partial charge in [-0.2, -0.15) is 5.10 Å². The number of aromatic nitrogens is 4. The molecule has 0 aliphatic carbocycles. The van der Waals surface area contributed by atoms with Crippen LogP contribution in [0.15, 0.2) is 48.8 Å². The number of aryl methyl sites for hydroxylation is 1. The summed E-state index contributed by atoms with van der Waals surface area (Å²) in [5.41, 5.74) is 6.56. The first-order chi connectivity index (χ1) is 17.8. The molecule has 196 valence electrons. The van der Waals surface area contributed by atoms with E-state index in [-0.39, 0.29) is 0 Å². The summed E-state index contributed by atoms with van der Waals surface area (Å²) in [6.45, 7) is 6.62. The zero-order valence-electron chi connectivity index (χ0n) is 22.8. The van der Waals surface area contributed by atoms with Gasteiger partial charge >= 0.3 is 0 Å². The van der Waals surface area contributed by atoms with Crippen LogP contribution in [0.5, 0.6) is 11.5 Å². The highest BCUT2D eigenvalue weighted by molar-refractivity contribution is 5.83. The molecule has 0 spiro atoms. The van der Waals surface area contributed by atoms with Gasteiger partial charge in [-0.15, -0.1) is 0 Å². The third-order valence-corrected chi connectivity index (χ3v) is 6.18. The van der Waals surface area contributed by atoms with Gasteiger partial charge in [0.15, 0.2) is 0 Å². The number of anilines is 2. The number of rotatable bonds is 11. The van der Waals surface area contributed by atoms with Crippen molar-refractivity contribution in [2.75, 3.05) is 46.3 Å². The van der Waals surface area contributed by atoms with Crippen LogP contribution < -0.4 is 19.7 Å². The molecule has 0 saturated heterocycles. The van der Waals surface area contributed by atoms with Crippen LogP contribution in [0.1, 0.15) is 19.5 Å². The van der Waals surface area contributed by atoms with E-state index in [0.717, 1.165) is 70.5 Å². The summed E-state index contributed by atoms with van der Waals surface area (Å²) in [7, 11) is 9.38. The van der Waals surface area contributed by atoms with E-state index in [9.17, 15) is 0 Å². The van der Waals surface area contributed by atoms with E-state index in [1.807, 2.05) is 62.5 Å². The topological polar surface area (TPSA) is 80.6 Å². The molecule has 4 rings (SSSR count). The molecule has 0 bridgehead atoms. The second kappa shape index (κ2) is 11.6. The number of fused-ring (bicyclic) bond motifs is 1. The zero-order valence-corrected chi connectivity index (χ0v) is 22.8. The lowest BCUT2D eigenvalue weighted by Gasteiger charge is -2.27. The quantitative estimate of drug-likeness (QED) is 0.326. The fraction of sp³-hybridized carbons (Fsp3) is 0.393. The average Bonchev–Trinajstić information content (AvgIpc) is 3.24. The van der Waals surface area contributed by atoms with Gasteiger partial charge in [-0.3, -0.25) is 9.67 Å². The Hall–Kier alpha value is -3.69. The van der Waals surface area contributed by atoms with Crippen LogP contribution in [0.4, 0.5) is 11.4 Å². The summed E-state index contributed by atoms with van der Waals surface area (Å²) < 4.78 is 13.0. The molecule has 0 aliphatic heterocycles. The monoisotopic (exact) mass is 503 g/mol. The highest BCUT2D eigenvalue weighted by atomic mass is 16.5. The largest absolute Gasteiger partial charge is 0.497 e. The molecular weight excluding hydrogens is 466 g/mol. The lowest BCUT2D eigenvalue weighted by atomic mass is 10.1. The summed E-state index contributed by atoms with van der Waals surface area (Å²) in [5, 5.41) is 7.99. The van der Waals surface area contributed by atoms with Crippen molar-refractivity contribution in [2.24, 2.45) is 7.05 Å². The van der Waals surface area contributed by atoms with Crippen LogP contribution >= 0.6 is 0 Å². The number of ether oxygens (including phenoxy) is 2. The lowest BCUT2D eigenvalue weighted by molar-refractivity contribution is 0.388. The molecule has 0 unspecified atom stereocenters. The van der Waals surface area contributed by atoms with E-state index >= 15 is 0 Å². The van der Waals surface area contributed by atoms with Crippen LogP contribution in [0.2, 0.25) is 0 Å². The molecule has 2 aromatic carbocycles. The highest BCUT2D eigenvalue weighted by Crippen LogP contribution is 2.34. The second-order valence-corrected chi connectivity index (χ2v) is 9.63. The first-order valence-electron chi connectivity index (χ1n) is 12.5. The molecule has 0 aliphatic rings. The number of hydrogen-bond acceptors (Lipinski definition) is 8. The molecule has 0 radical (unpaired) electrons. The number of nitrogens with one attached hydrogen (secondary N) is 1. The van der Waals surface area contributed by atoms with Gasteiger partial charge in [0.2, 0.25) is 0 Å². The minimum Gasteiger partial charge on any atom is -0.497 e. The van der Waals surface area contributed by atoms with Crippen molar-refractivity contribution >= 4 is 22.4 Å². The van der Waals surface area contributed by atoms with E-state index in [1.54, 1.807) is 14.2 Å². The Morgan fingerprint density at radius 1 is 0.946 bits per heavy atom. The van der Waals surface area contributed by atoms with E-state index in [4.69, 9.17) is 19.4 Å². The summed E-state index contributed by atoms with van der Waals surface area (Å²) in [6.07, 6.45) is 3.69. The van der Waals surface area contributed by atoms with E-state index in [1.165, 1.54) is 0 Å². The van der Waals surface area contributed by atoms with Crippen LogP contribution in [0.3, 0.4) is 0 Å². The predicted octanol–water partition coefficient (Wildman–Crippen LogP) is 4.25. The third-order valence-electron chi connectivity index (χ3n) is 6.18. The van der Waals surface area contributed by atoms with Gasteiger partial charge in [0.25, 0.3) is 0 Å². The van der Waals surface area contributed by atoms with Gasteiger partial charge in [-0.05, 0) is 32.3 Å². The SMILES string of the molecule is COc1cc(OC)cc(N(CCNC(C)C)c2ccc3ncc(-c4cnn(C)c4CN(C)C)nc3c2)c1. The summed E-state index contributed by atoms with van der Waals surface area (Å²) in [5.74, 6) is 1.48. The molecule has 1 N–H and O–H groups in total. The van der Waals surface area contributed by atoms with Crippen molar-refractivity contribution in [1.82, 2.24) is 30.0 Å². The lowest BCUT2D eigenvalue weighted by Crippen LogP contribution is -2.32. The molecule has 9 heteroatoms. The van der Waals surface area contributed by atoms with Crippen molar-refractivity contribution in [1.29, 1.82) is 0 Å². The normalized spacial score (nSPS) is 11.5. The van der Waals surface area contributed by atoms with Crippen molar-refractivity contribution in [3.63, 3.8) is 0 Å². The Kier molecular flexibility index (Phi) is 8.25. The number of nitrogens with zero attached hydrogens (tertiary/aromatic N) is 6. The van der Waals surface area contributed by atoms with E-state index in [2.05, 4.69) is 46.2 Å². The van der Waals surface area contributed by atoms with Crippen LogP contribution in [-0.2, 0) is 13.6 Å². The Morgan fingerprint density at radius 3 is 2.32 bits per heavy atom. The Balaban J connectivity index is 1.77. The first-order valence-corrected chi connectivity index (χ1v) is 12.5. The average molecular weight is 504 g/mol. The van der Waals surface area contributed by atoms with Gasteiger partial charge in [0.05, 0.1) is 49.0 Å². The van der Waals surface area contributed by atoms with Crippen LogP contribution in [0, 0.1) is 0 Å². The highest BCUT2D eigenvalue weighted by Gasteiger charge is 2.16. The third kappa shape index (κ3) is 6.18. The maximum Gasteiger partial charge on any atom is 0.124 e. The minimum absolute atomic E-state index is 0.391. The fourth-order valence-corrected chi connectivity index (χ4v) is 4.28. The predicted molar refractivity (Wildman–Crippen MR) is 149 cm³/mol. The van der Waals surface area contributed by atoms with E-state index < -0.39 is 0 Å². The van der Waals surface area contributed by atoms with Gasteiger partial charge in [0, 0.05) is 67.9 Å². The first kappa shape index (κ1) is 26.4. The van der Waals surface area contributed by atoms with Crippen molar-refractivity contribution in [3.8, 4) is 22.8 Å². The van der Waals surface area contributed by atoms with Crippen molar-refractivity contribution in [2.45, 2.75) is 26.4 Å². The Labute approximate surface area is 219 Å². The second-order valence-electron chi connectivity index (χ2n) is 9.63. The number of methoxy groups -OCH3 is 2. The van der Waals surface area contributed by atoms with Gasteiger partial charge < -0.3 is 24.6 Å². The molecule has 2 heterocycles. The molecule has 0 amide bonds. The summed E-state index contributed by atoms with van der Waals surface area (Å²) >= 11 is 0. The smallest absolute Gasteiger partial charge is 0.124 e. The number of hydrogen-bond donors (Lipinski definition) is 1. The standard InChI is InChI=1S/C28H37N7O2/c1-19(2)29-10-11-35(21-12-22(36-6)15-23(13-21)37-7)20-8-9-25-26(14-20)32-27(17-30-25)24-16-31-34(5)28(24)18-33(3)4/h8-9,12-17,19,29H,10-11,18H2,1-7H3. The molecule has 2 aromatic heterocycles. The van der Waals surface area contributed by atoms with Gasteiger partial charge in [0.1, 0.15) is 11.5 Å². The molecule has 0 fully saturated rings. The van der Waals surface area contributed by atoms with Crippen molar-refractivity contribution < 1.29 is 9.47 Å². The molecule has 4 aromatic rings. The minimum atomic E-state index is 0.391. The molecular formula is C28H37N7O2. The Bertz CT molecular complexity index is 1330. The molecule has 0 atom stereocenters. The van der Waals surface area contributed by atoms with Crippen molar-refractivity contribution in [3.05, 3.63) is 54.5 Å². The van der Waals surface area contributed by atoms with Gasteiger partial charge in [-0.25, -0.2) is 4.98 Å². The molecule has 37 heavy (non-hydrogen) atoms. The van der Waals surface area contributed by atoms with Gasteiger partial charge in [-0.1, -0.05) is 13.8 Å². The zero-order chi connectivity index (χ0) is 26.5. The summed E-state index contributed by atoms with van der Waals surface area (Å²) in [4.78, 5) is 14.1. The Morgan fingerprint density at radius 2 is 1.68 bits per heavy atom. The summed E-state index contributed by atoms with van der Waals surface area (Å²) in [6, 6.07) is 12.5. The van der Waals surface area contributed by atoms with Crippen LogP contribution in [-0.4, -0.2) is 72.1 Å². The van der Waals surface area contributed by atoms with E-state index in [0.29, 0.717) is 6.04 Å². The maximum absolute atomic E-state index is 5.55. The number of benzene rings is 2. The fourth-order valence-electron chi connectivity index (χ4n) is 4.28. The molecule has 9 nitrogen and oxygen atoms in total. The molecule has 0 saturated carbocycles.